The molecule has 1 atom stereocenters. The number of benzene rings is 1. The average molecular weight is 333 g/mol. The van der Waals surface area contributed by atoms with Gasteiger partial charge < -0.3 is 10.4 Å². The van der Waals surface area contributed by atoms with Crippen molar-refractivity contribution >= 4 is 11.9 Å². The zero-order chi connectivity index (χ0) is 17.5. The van der Waals surface area contributed by atoms with Crippen LogP contribution in [0.4, 0.5) is 4.79 Å². The number of nitrogens with zero attached hydrogens (tertiary/aromatic N) is 1. The van der Waals surface area contributed by atoms with Crippen molar-refractivity contribution in [1.29, 1.82) is 0 Å². The molecule has 132 valence electrons. The number of likely N-dealkylation sites (tertiary alicyclic amines) is 1. The average Bonchev–Trinajstić information content (AvgIpc) is 2.61. The van der Waals surface area contributed by atoms with Crippen LogP contribution < -0.4 is 10.6 Å². The van der Waals surface area contributed by atoms with Gasteiger partial charge in [-0.1, -0.05) is 12.1 Å². The van der Waals surface area contributed by atoms with Crippen molar-refractivity contribution < 1.29 is 14.7 Å². The number of aryl methyl sites for hydroxylation is 1. The van der Waals surface area contributed by atoms with Crippen LogP contribution in [0.3, 0.4) is 0 Å². The summed E-state index contributed by atoms with van der Waals surface area (Å²) in [5.74, 6) is 0.706. The highest BCUT2D eigenvalue weighted by atomic mass is 16.3. The van der Waals surface area contributed by atoms with Gasteiger partial charge in [0.25, 0.3) is 0 Å². The van der Waals surface area contributed by atoms with E-state index < -0.39 is 6.03 Å². The lowest BCUT2D eigenvalue weighted by Crippen LogP contribution is -2.51. The number of carbonyl (C=O) groups excluding carboxylic acids is 2. The SMILES string of the molecule is CNC(=O)NC(=O)C(C)N1CCC(CCc2ccc(O)cc2)CC1. The van der Waals surface area contributed by atoms with E-state index in [1.165, 1.54) is 12.6 Å². The second kappa shape index (κ2) is 8.68. The van der Waals surface area contributed by atoms with Gasteiger partial charge in [-0.05, 0) is 69.3 Å². The van der Waals surface area contributed by atoms with Crippen LogP contribution >= 0.6 is 0 Å². The van der Waals surface area contributed by atoms with E-state index in [2.05, 4.69) is 15.5 Å². The van der Waals surface area contributed by atoms with Gasteiger partial charge >= 0.3 is 6.03 Å². The van der Waals surface area contributed by atoms with Crippen LogP contribution in [-0.2, 0) is 11.2 Å². The minimum Gasteiger partial charge on any atom is -0.508 e. The maximum absolute atomic E-state index is 12.0. The molecule has 2 rings (SSSR count). The predicted octanol–water partition coefficient (Wildman–Crippen LogP) is 1.88. The van der Waals surface area contributed by atoms with Gasteiger partial charge in [-0.3, -0.25) is 15.0 Å². The van der Waals surface area contributed by atoms with Gasteiger partial charge in [-0.15, -0.1) is 0 Å². The monoisotopic (exact) mass is 333 g/mol. The first-order valence-corrected chi connectivity index (χ1v) is 8.54. The lowest BCUT2D eigenvalue weighted by atomic mass is 9.90. The third kappa shape index (κ3) is 5.23. The number of carbonyl (C=O) groups is 2. The summed E-state index contributed by atoms with van der Waals surface area (Å²) in [6.07, 6.45) is 4.26. The standard InChI is InChI=1S/C18H27N3O3/c1-13(17(23)20-18(24)19-2)21-11-9-15(10-12-21)4-3-14-5-7-16(22)8-6-14/h5-8,13,15,22H,3-4,9-12H2,1-2H3,(H2,19,20,23,24). The highest BCUT2D eigenvalue weighted by Gasteiger charge is 2.27. The molecule has 3 N–H and O–H groups in total. The minimum absolute atomic E-state index is 0.253. The molecule has 1 saturated heterocycles. The van der Waals surface area contributed by atoms with Crippen molar-refractivity contribution in [1.82, 2.24) is 15.5 Å². The summed E-state index contributed by atoms with van der Waals surface area (Å²) in [7, 11) is 1.49. The van der Waals surface area contributed by atoms with E-state index in [0.717, 1.165) is 38.8 Å². The molecule has 1 heterocycles. The number of phenolic OH excluding ortho intramolecular Hbond substituents is 1. The highest BCUT2D eigenvalue weighted by molar-refractivity contribution is 5.96. The predicted molar refractivity (Wildman–Crippen MR) is 92.8 cm³/mol. The van der Waals surface area contributed by atoms with E-state index in [9.17, 15) is 14.7 Å². The molecule has 0 aromatic heterocycles. The molecule has 0 bridgehead atoms. The van der Waals surface area contributed by atoms with Gasteiger partial charge in [0.1, 0.15) is 5.75 Å². The van der Waals surface area contributed by atoms with Crippen LogP contribution in [0, 0.1) is 5.92 Å². The van der Waals surface area contributed by atoms with Crippen molar-refractivity contribution in [3.05, 3.63) is 29.8 Å². The molecule has 1 aromatic carbocycles. The lowest BCUT2D eigenvalue weighted by molar-refractivity contribution is -0.125. The Morgan fingerprint density at radius 1 is 1.25 bits per heavy atom. The lowest BCUT2D eigenvalue weighted by Gasteiger charge is -2.35. The first kappa shape index (κ1) is 18.3. The van der Waals surface area contributed by atoms with Gasteiger partial charge in [0.15, 0.2) is 0 Å². The number of imide groups is 1. The maximum Gasteiger partial charge on any atom is 0.321 e. The van der Waals surface area contributed by atoms with Gasteiger partial charge in [0, 0.05) is 7.05 Å². The third-order valence-electron chi connectivity index (χ3n) is 4.82. The number of piperidine rings is 1. The summed E-state index contributed by atoms with van der Waals surface area (Å²) in [5, 5.41) is 14.0. The second-order valence-corrected chi connectivity index (χ2v) is 6.43. The van der Waals surface area contributed by atoms with E-state index in [0.29, 0.717) is 11.7 Å². The summed E-state index contributed by atoms with van der Waals surface area (Å²) in [6, 6.07) is 6.64. The molecule has 0 spiro atoms. The van der Waals surface area contributed by atoms with Gasteiger partial charge in [-0.25, -0.2) is 4.79 Å². The molecule has 6 heteroatoms. The van der Waals surface area contributed by atoms with Crippen molar-refractivity contribution in [2.75, 3.05) is 20.1 Å². The van der Waals surface area contributed by atoms with Crippen molar-refractivity contribution in [2.45, 2.75) is 38.6 Å². The molecule has 0 aliphatic carbocycles. The van der Waals surface area contributed by atoms with Crippen molar-refractivity contribution in [3.8, 4) is 5.75 Å². The fourth-order valence-electron chi connectivity index (χ4n) is 3.11. The number of phenols is 1. The maximum atomic E-state index is 12.0. The van der Waals surface area contributed by atoms with E-state index in [-0.39, 0.29) is 11.9 Å². The largest absolute Gasteiger partial charge is 0.508 e. The second-order valence-electron chi connectivity index (χ2n) is 6.43. The van der Waals surface area contributed by atoms with Crippen molar-refractivity contribution in [2.24, 2.45) is 5.92 Å². The van der Waals surface area contributed by atoms with Gasteiger partial charge in [0.2, 0.25) is 5.91 Å². The number of amides is 3. The number of rotatable bonds is 5. The molecular formula is C18H27N3O3. The Bertz CT molecular complexity index is 551. The third-order valence-corrected chi connectivity index (χ3v) is 4.82. The van der Waals surface area contributed by atoms with Crippen LogP contribution in [0.15, 0.2) is 24.3 Å². The van der Waals surface area contributed by atoms with Gasteiger partial charge in [-0.2, -0.15) is 0 Å². The van der Waals surface area contributed by atoms with E-state index in [1.54, 1.807) is 12.1 Å². The van der Waals surface area contributed by atoms with Crippen LogP contribution in [0.5, 0.6) is 5.75 Å². The van der Waals surface area contributed by atoms with Crippen LogP contribution in [0.25, 0.3) is 0 Å². The quantitative estimate of drug-likeness (QED) is 0.768. The Morgan fingerprint density at radius 3 is 2.46 bits per heavy atom. The van der Waals surface area contributed by atoms with E-state index >= 15 is 0 Å². The highest BCUT2D eigenvalue weighted by Crippen LogP contribution is 2.24. The number of urea groups is 1. The number of hydrogen-bond donors (Lipinski definition) is 3. The number of nitrogens with one attached hydrogen (secondary N) is 2. The Kier molecular flexibility index (Phi) is 6.61. The molecule has 1 aliphatic rings. The molecular weight excluding hydrogens is 306 g/mol. The summed E-state index contributed by atoms with van der Waals surface area (Å²) in [6.45, 7) is 3.60. The normalized spacial score (nSPS) is 17.2. The number of hydrogen-bond acceptors (Lipinski definition) is 4. The molecule has 0 saturated carbocycles. The van der Waals surface area contributed by atoms with Crippen LogP contribution in [0.2, 0.25) is 0 Å². The fraction of sp³-hybridized carbons (Fsp3) is 0.556. The molecule has 1 aliphatic heterocycles. The summed E-state index contributed by atoms with van der Waals surface area (Å²) in [4.78, 5) is 25.4. The minimum atomic E-state index is -0.462. The van der Waals surface area contributed by atoms with E-state index in [1.807, 2.05) is 19.1 Å². The zero-order valence-electron chi connectivity index (χ0n) is 14.4. The topological polar surface area (TPSA) is 81.7 Å². The van der Waals surface area contributed by atoms with Crippen LogP contribution in [0.1, 0.15) is 31.7 Å². The summed E-state index contributed by atoms with van der Waals surface area (Å²) >= 11 is 0. The molecule has 1 unspecified atom stereocenters. The molecule has 1 aromatic rings. The Hall–Kier alpha value is -2.08. The Labute approximate surface area is 143 Å². The Balaban J connectivity index is 1.73. The summed E-state index contributed by atoms with van der Waals surface area (Å²) < 4.78 is 0. The first-order valence-electron chi connectivity index (χ1n) is 8.54. The van der Waals surface area contributed by atoms with Crippen LogP contribution in [-0.4, -0.2) is 48.1 Å². The number of aromatic hydroxyl groups is 1. The molecule has 1 fully saturated rings. The van der Waals surface area contributed by atoms with E-state index in [4.69, 9.17) is 0 Å². The smallest absolute Gasteiger partial charge is 0.321 e. The first-order chi connectivity index (χ1) is 11.5. The zero-order valence-corrected chi connectivity index (χ0v) is 14.4. The fourth-order valence-corrected chi connectivity index (χ4v) is 3.11. The molecule has 3 amide bonds. The molecule has 0 radical (unpaired) electrons. The van der Waals surface area contributed by atoms with Gasteiger partial charge in [0.05, 0.1) is 6.04 Å². The van der Waals surface area contributed by atoms with Crippen molar-refractivity contribution in [3.63, 3.8) is 0 Å². The molecule has 24 heavy (non-hydrogen) atoms. The Morgan fingerprint density at radius 2 is 1.88 bits per heavy atom. The summed E-state index contributed by atoms with van der Waals surface area (Å²) in [5.41, 5.74) is 1.24. The molecule has 6 nitrogen and oxygen atoms in total.